The summed E-state index contributed by atoms with van der Waals surface area (Å²) in [4.78, 5) is 21.9. The van der Waals surface area contributed by atoms with Crippen molar-refractivity contribution in [3.63, 3.8) is 0 Å². The van der Waals surface area contributed by atoms with Crippen molar-refractivity contribution in [3.8, 4) is 0 Å². The molecule has 0 spiro atoms. The first-order valence-electron chi connectivity index (χ1n) is 5.54. The molecule has 1 heterocycles. The zero-order valence-corrected chi connectivity index (χ0v) is 9.80. The molecular weight excluding hydrogens is 238 g/mol. The summed E-state index contributed by atoms with van der Waals surface area (Å²) in [6.07, 6.45) is 0.753. The highest BCUT2D eigenvalue weighted by Crippen LogP contribution is 2.32. The van der Waals surface area contributed by atoms with E-state index in [9.17, 15) is 14.9 Å². The van der Waals surface area contributed by atoms with Gasteiger partial charge in [0, 0.05) is 12.1 Å². The average molecular weight is 251 g/mol. The summed E-state index contributed by atoms with van der Waals surface area (Å²) in [7, 11) is 0. The van der Waals surface area contributed by atoms with Gasteiger partial charge in [0.15, 0.2) is 0 Å². The predicted molar refractivity (Wildman–Crippen MR) is 65.5 cm³/mol. The van der Waals surface area contributed by atoms with Crippen LogP contribution in [-0.4, -0.2) is 23.5 Å². The van der Waals surface area contributed by atoms with E-state index in [4.69, 9.17) is 10.5 Å². The van der Waals surface area contributed by atoms with Crippen LogP contribution in [0.5, 0.6) is 0 Å². The standard InChI is InChI=1S/C11H13N3O4/c1-2-6-5-18-11(15)8-3-7(14(16)17)4-9(12)10(8)13-6/h3-4,6,13H,2,5,12H2,1H3. The predicted octanol–water partition coefficient (Wildman–Crippen LogP) is 1.54. The molecule has 0 aliphatic carbocycles. The molecule has 0 amide bonds. The number of anilines is 2. The number of nitro groups is 1. The van der Waals surface area contributed by atoms with Crippen molar-refractivity contribution in [2.24, 2.45) is 0 Å². The second-order valence-corrected chi connectivity index (χ2v) is 4.06. The lowest BCUT2D eigenvalue weighted by Crippen LogP contribution is -2.23. The third kappa shape index (κ3) is 2.06. The Balaban J connectivity index is 2.53. The van der Waals surface area contributed by atoms with Crippen LogP contribution in [0.25, 0.3) is 0 Å². The molecule has 1 aliphatic heterocycles. The van der Waals surface area contributed by atoms with Gasteiger partial charge in [0.2, 0.25) is 0 Å². The third-order valence-corrected chi connectivity index (χ3v) is 2.84. The van der Waals surface area contributed by atoms with Crippen LogP contribution >= 0.6 is 0 Å². The van der Waals surface area contributed by atoms with E-state index in [0.717, 1.165) is 6.42 Å². The smallest absolute Gasteiger partial charge is 0.340 e. The number of nitrogens with one attached hydrogen (secondary N) is 1. The highest BCUT2D eigenvalue weighted by atomic mass is 16.6. The molecule has 0 fully saturated rings. The molecule has 0 aromatic heterocycles. The molecule has 18 heavy (non-hydrogen) atoms. The van der Waals surface area contributed by atoms with Crippen molar-refractivity contribution in [1.29, 1.82) is 0 Å². The van der Waals surface area contributed by atoms with Crippen LogP contribution < -0.4 is 11.1 Å². The monoisotopic (exact) mass is 251 g/mol. The van der Waals surface area contributed by atoms with Crippen molar-refractivity contribution in [2.75, 3.05) is 17.7 Å². The molecule has 1 aliphatic rings. The number of nitrogens with zero attached hydrogens (tertiary/aromatic N) is 1. The lowest BCUT2D eigenvalue weighted by Gasteiger charge is -2.15. The van der Waals surface area contributed by atoms with Gasteiger partial charge >= 0.3 is 5.97 Å². The summed E-state index contributed by atoms with van der Waals surface area (Å²) >= 11 is 0. The minimum absolute atomic E-state index is 0.0426. The number of hydrogen-bond donors (Lipinski definition) is 2. The zero-order valence-electron chi connectivity index (χ0n) is 9.80. The van der Waals surface area contributed by atoms with Gasteiger partial charge in [-0.2, -0.15) is 0 Å². The summed E-state index contributed by atoms with van der Waals surface area (Å²) in [6.45, 7) is 2.16. The van der Waals surface area contributed by atoms with Crippen molar-refractivity contribution in [3.05, 3.63) is 27.8 Å². The maximum absolute atomic E-state index is 11.8. The molecule has 1 aromatic carbocycles. The van der Waals surface area contributed by atoms with Crippen LogP contribution in [0.2, 0.25) is 0 Å². The van der Waals surface area contributed by atoms with E-state index < -0.39 is 10.9 Å². The topological polar surface area (TPSA) is 107 Å². The number of esters is 1. The number of carbonyl (C=O) groups excluding carboxylic acids is 1. The van der Waals surface area contributed by atoms with E-state index in [2.05, 4.69) is 5.32 Å². The Morgan fingerprint density at radius 1 is 1.61 bits per heavy atom. The van der Waals surface area contributed by atoms with Gasteiger partial charge < -0.3 is 15.8 Å². The van der Waals surface area contributed by atoms with E-state index in [1.54, 1.807) is 0 Å². The lowest BCUT2D eigenvalue weighted by molar-refractivity contribution is -0.384. The second kappa shape index (κ2) is 4.52. The second-order valence-electron chi connectivity index (χ2n) is 4.06. The van der Waals surface area contributed by atoms with Gasteiger partial charge in [-0.15, -0.1) is 0 Å². The summed E-state index contributed by atoms with van der Waals surface area (Å²) in [5.74, 6) is -0.594. The number of ether oxygens (including phenoxy) is 1. The minimum atomic E-state index is -0.594. The Labute approximate surface area is 103 Å². The number of nitro benzene ring substituents is 1. The number of benzene rings is 1. The SMILES string of the molecule is CCC1COC(=O)c2cc([N+](=O)[O-])cc(N)c2N1. The van der Waals surface area contributed by atoms with Crippen LogP contribution in [0.3, 0.4) is 0 Å². The summed E-state index contributed by atoms with van der Waals surface area (Å²) < 4.78 is 5.04. The number of fused-ring (bicyclic) bond motifs is 1. The van der Waals surface area contributed by atoms with E-state index in [-0.39, 0.29) is 29.6 Å². The Kier molecular flexibility index (Phi) is 3.05. The van der Waals surface area contributed by atoms with E-state index in [0.29, 0.717) is 5.69 Å². The Morgan fingerprint density at radius 2 is 2.33 bits per heavy atom. The van der Waals surface area contributed by atoms with Gasteiger partial charge in [-0.1, -0.05) is 6.92 Å². The maximum Gasteiger partial charge on any atom is 0.340 e. The normalized spacial score (nSPS) is 18.3. The van der Waals surface area contributed by atoms with Crippen LogP contribution in [-0.2, 0) is 4.74 Å². The maximum atomic E-state index is 11.8. The summed E-state index contributed by atoms with van der Waals surface area (Å²) in [5.41, 5.74) is 6.23. The first kappa shape index (κ1) is 12.2. The van der Waals surface area contributed by atoms with Crippen LogP contribution in [0.4, 0.5) is 17.1 Å². The first-order valence-corrected chi connectivity index (χ1v) is 5.54. The number of cyclic esters (lactones) is 1. The van der Waals surface area contributed by atoms with Crippen molar-refractivity contribution in [1.82, 2.24) is 0 Å². The fourth-order valence-corrected chi connectivity index (χ4v) is 1.80. The number of nitrogens with two attached hydrogens (primary N) is 1. The number of non-ortho nitro benzene ring substituents is 1. The number of hydrogen-bond acceptors (Lipinski definition) is 6. The highest BCUT2D eigenvalue weighted by molar-refractivity contribution is 6.00. The van der Waals surface area contributed by atoms with Gasteiger partial charge in [-0.25, -0.2) is 4.79 Å². The Morgan fingerprint density at radius 3 is 2.94 bits per heavy atom. The van der Waals surface area contributed by atoms with Crippen molar-refractivity contribution >= 4 is 23.0 Å². The summed E-state index contributed by atoms with van der Waals surface area (Å²) in [6, 6.07) is 2.37. The van der Waals surface area contributed by atoms with Gasteiger partial charge in [-0.05, 0) is 6.42 Å². The fraction of sp³-hybridized carbons (Fsp3) is 0.364. The molecule has 0 saturated carbocycles. The van der Waals surface area contributed by atoms with E-state index in [1.165, 1.54) is 12.1 Å². The largest absolute Gasteiger partial charge is 0.460 e. The molecule has 7 nitrogen and oxygen atoms in total. The summed E-state index contributed by atoms with van der Waals surface area (Å²) in [5, 5.41) is 13.8. The van der Waals surface area contributed by atoms with Gasteiger partial charge in [-0.3, -0.25) is 10.1 Å². The number of rotatable bonds is 2. The highest BCUT2D eigenvalue weighted by Gasteiger charge is 2.26. The lowest BCUT2D eigenvalue weighted by atomic mass is 10.1. The molecule has 3 N–H and O–H groups in total. The molecule has 7 heteroatoms. The Bertz CT molecular complexity index is 515. The van der Waals surface area contributed by atoms with Crippen LogP contribution in [0, 0.1) is 10.1 Å². The molecular formula is C11H13N3O4. The fourth-order valence-electron chi connectivity index (χ4n) is 1.80. The minimum Gasteiger partial charge on any atom is -0.460 e. The number of carbonyl (C=O) groups is 1. The molecule has 0 saturated heterocycles. The van der Waals surface area contributed by atoms with E-state index >= 15 is 0 Å². The third-order valence-electron chi connectivity index (χ3n) is 2.84. The Hall–Kier alpha value is -2.31. The molecule has 0 radical (unpaired) electrons. The van der Waals surface area contributed by atoms with Crippen molar-refractivity contribution < 1.29 is 14.5 Å². The van der Waals surface area contributed by atoms with Crippen LogP contribution in [0.1, 0.15) is 23.7 Å². The molecule has 1 unspecified atom stereocenters. The molecule has 1 atom stereocenters. The zero-order chi connectivity index (χ0) is 13.3. The first-order chi connectivity index (χ1) is 8.52. The van der Waals surface area contributed by atoms with Gasteiger partial charge in [0.05, 0.1) is 27.9 Å². The van der Waals surface area contributed by atoms with Crippen molar-refractivity contribution in [2.45, 2.75) is 19.4 Å². The average Bonchev–Trinajstić information content (AvgIpc) is 2.50. The molecule has 0 bridgehead atoms. The van der Waals surface area contributed by atoms with Gasteiger partial charge in [0.25, 0.3) is 5.69 Å². The molecule has 96 valence electrons. The number of nitrogen functional groups attached to an aromatic ring is 1. The van der Waals surface area contributed by atoms with E-state index in [1.807, 2.05) is 6.92 Å². The molecule has 1 aromatic rings. The van der Waals surface area contributed by atoms with Crippen LogP contribution in [0.15, 0.2) is 12.1 Å². The quantitative estimate of drug-likeness (QED) is 0.357. The molecule has 2 rings (SSSR count). The van der Waals surface area contributed by atoms with Gasteiger partial charge in [0.1, 0.15) is 6.61 Å².